The predicted octanol–water partition coefficient (Wildman–Crippen LogP) is -8.73. The number of hydrogen-bond acceptors (Lipinski definition) is 12. The number of alkyl halides is 6. The van der Waals surface area contributed by atoms with E-state index in [9.17, 15) is 26.3 Å². The van der Waals surface area contributed by atoms with E-state index in [0.717, 1.165) is 0 Å². The molecule has 25 heteroatoms. The largest absolute Gasteiger partial charge is 2.00 e. The first-order valence-corrected chi connectivity index (χ1v) is 9.16. The molecule has 27 heavy (non-hydrogen) atoms. The zero-order valence-corrected chi connectivity index (χ0v) is 17.5. The van der Waals surface area contributed by atoms with Crippen LogP contribution in [-0.2, 0) is 39.7 Å². The minimum atomic E-state index is -5.84. The second-order valence-corrected chi connectivity index (χ2v) is 6.94. The standard InChI is InChI=1S/2CHF3O3S.2ClHO4.Zn/c2*2-1(3,4)8(5,6)7;2*2-1(3,4)5;/h2*(H,5,6,7);2*(H,2,3,4,5);/q;;;;+2/p-2. The SMILES string of the molecule is O=S(=O)(O)C(F)(F)F.O=S(=O)(O)C(F)(F)F.[O-][Cl+3]([O-])([O-])[O-].[O-][Cl+3]([O-])([O-])[O-].[Zn+2]. The molecule has 0 unspecified atom stereocenters. The van der Waals surface area contributed by atoms with Crippen LogP contribution in [0.1, 0.15) is 0 Å². The molecule has 0 aliphatic rings. The summed E-state index contributed by atoms with van der Waals surface area (Å²) < 4.78 is 183. The van der Waals surface area contributed by atoms with E-state index in [1.807, 2.05) is 0 Å². The molecule has 0 aliphatic carbocycles. The van der Waals surface area contributed by atoms with E-state index in [1.165, 1.54) is 0 Å². The van der Waals surface area contributed by atoms with Crippen LogP contribution in [0.3, 0.4) is 0 Å². The molecule has 0 spiro atoms. The van der Waals surface area contributed by atoms with E-state index in [2.05, 4.69) is 0 Å². The molecule has 0 bridgehead atoms. The zero-order valence-electron chi connectivity index (χ0n) is 11.3. The van der Waals surface area contributed by atoms with E-state index in [1.54, 1.807) is 0 Å². The molecule has 0 aliphatic heterocycles. The molecule has 0 aromatic carbocycles. The zero-order chi connectivity index (χ0) is 23.0. The molecular formula is C2H2Cl2F6O14S2Zn. The average Bonchev–Trinajstić information content (AvgIpc) is 2.04. The van der Waals surface area contributed by atoms with Crippen LogP contribution in [0, 0.1) is 20.5 Å². The summed E-state index contributed by atoms with van der Waals surface area (Å²) in [6, 6.07) is 0. The molecular weight excluding hydrogens is 562 g/mol. The summed E-state index contributed by atoms with van der Waals surface area (Å²) in [6.45, 7) is 0. The van der Waals surface area contributed by atoms with Crippen LogP contribution < -0.4 is 37.3 Å². The van der Waals surface area contributed by atoms with Gasteiger partial charge < -0.3 is 0 Å². The molecule has 0 atom stereocenters. The van der Waals surface area contributed by atoms with E-state index in [0.29, 0.717) is 0 Å². The third-order valence-electron chi connectivity index (χ3n) is 0.585. The molecule has 0 aromatic heterocycles. The van der Waals surface area contributed by atoms with Gasteiger partial charge in [-0.2, -0.15) is 43.2 Å². The van der Waals surface area contributed by atoms with Crippen molar-refractivity contribution in [3.63, 3.8) is 0 Å². The first-order chi connectivity index (χ1) is 10.5. The molecule has 0 aromatic rings. The van der Waals surface area contributed by atoms with Crippen molar-refractivity contribution in [2.24, 2.45) is 0 Å². The van der Waals surface area contributed by atoms with Gasteiger partial charge in [0.2, 0.25) is 0 Å². The van der Waals surface area contributed by atoms with Gasteiger partial charge in [-0.1, -0.05) is 0 Å². The minimum absolute atomic E-state index is 0. The molecule has 0 heterocycles. The van der Waals surface area contributed by atoms with Crippen LogP contribution in [0.4, 0.5) is 26.3 Å². The first kappa shape index (κ1) is 38.0. The third kappa shape index (κ3) is 46.4. The van der Waals surface area contributed by atoms with Gasteiger partial charge in [0.15, 0.2) is 0 Å². The van der Waals surface area contributed by atoms with Gasteiger partial charge in [-0.3, -0.25) is 9.11 Å². The molecule has 164 valence electrons. The minimum Gasteiger partial charge on any atom is -0.279 e. The van der Waals surface area contributed by atoms with Crippen molar-refractivity contribution in [1.82, 2.24) is 0 Å². The van der Waals surface area contributed by atoms with Crippen molar-refractivity contribution in [1.29, 1.82) is 0 Å². The fourth-order valence-corrected chi connectivity index (χ4v) is 0. The summed E-state index contributed by atoms with van der Waals surface area (Å²) in [7, 11) is -21.6. The van der Waals surface area contributed by atoms with Gasteiger partial charge in [-0.15, -0.1) is 20.5 Å². The number of hydrogen-bond donors (Lipinski definition) is 2. The van der Waals surface area contributed by atoms with Gasteiger partial charge in [-0.05, 0) is 0 Å². The van der Waals surface area contributed by atoms with Crippen LogP contribution in [0.25, 0.3) is 0 Å². The second-order valence-electron chi connectivity index (χ2n) is 2.60. The van der Waals surface area contributed by atoms with E-state index < -0.39 is 51.7 Å². The van der Waals surface area contributed by atoms with Gasteiger partial charge >= 0.3 is 50.7 Å². The number of rotatable bonds is 0. The van der Waals surface area contributed by atoms with Crippen molar-refractivity contribution in [2.75, 3.05) is 0 Å². The average molecular weight is 564 g/mol. The monoisotopic (exact) mass is 562 g/mol. The summed E-state index contributed by atoms with van der Waals surface area (Å²) in [5.41, 5.74) is -11.1. The summed E-state index contributed by atoms with van der Waals surface area (Å²) in [6.07, 6.45) is 0. The molecule has 0 rings (SSSR count). The van der Waals surface area contributed by atoms with Crippen LogP contribution in [0.15, 0.2) is 0 Å². The van der Waals surface area contributed by atoms with E-state index in [4.69, 9.17) is 63.2 Å². The van der Waals surface area contributed by atoms with Crippen molar-refractivity contribution in [3.05, 3.63) is 0 Å². The topological polar surface area (TPSA) is 293 Å². The van der Waals surface area contributed by atoms with Gasteiger partial charge in [0, 0.05) is 0 Å². The van der Waals surface area contributed by atoms with Crippen LogP contribution in [0.2, 0.25) is 0 Å². The van der Waals surface area contributed by atoms with Gasteiger partial charge in [0.1, 0.15) is 0 Å². The Bertz CT molecular complexity index is 519. The summed E-state index contributed by atoms with van der Waals surface area (Å²) in [4.78, 5) is 0. The van der Waals surface area contributed by atoms with E-state index in [-0.39, 0.29) is 19.5 Å². The Balaban J connectivity index is -0.0000000807. The Morgan fingerprint density at radius 3 is 0.593 bits per heavy atom. The first-order valence-electron chi connectivity index (χ1n) is 3.81. The maximum atomic E-state index is 10.7. The molecule has 0 radical (unpaired) electrons. The fourth-order valence-electron chi connectivity index (χ4n) is 0. The van der Waals surface area contributed by atoms with E-state index >= 15 is 0 Å². The summed E-state index contributed by atoms with van der Waals surface area (Å²) >= 11 is 0. The van der Waals surface area contributed by atoms with Crippen molar-refractivity contribution in [2.45, 2.75) is 11.0 Å². The quantitative estimate of drug-likeness (QED) is 0.119. The Morgan fingerprint density at radius 1 is 0.556 bits per heavy atom. The molecule has 0 amide bonds. The van der Waals surface area contributed by atoms with Crippen molar-refractivity contribution < 1.29 is 130 Å². The van der Waals surface area contributed by atoms with Crippen LogP contribution >= 0.6 is 0 Å². The molecule has 0 saturated heterocycles. The second kappa shape index (κ2) is 12.8. The van der Waals surface area contributed by atoms with Crippen molar-refractivity contribution >= 4 is 20.2 Å². The van der Waals surface area contributed by atoms with Crippen molar-refractivity contribution in [3.8, 4) is 0 Å². The Morgan fingerprint density at radius 2 is 0.593 bits per heavy atom. The van der Waals surface area contributed by atoms with Crippen LogP contribution in [-0.4, -0.2) is 37.0 Å². The van der Waals surface area contributed by atoms with Crippen LogP contribution in [0.5, 0.6) is 0 Å². The Kier molecular flexibility index (Phi) is 17.9. The van der Waals surface area contributed by atoms with Gasteiger partial charge in [-0.25, -0.2) is 37.3 Å². The molecule has 0 saturated carbocycles. The predicted molar refractivity (Wildman–Crippen MR) is 35.2 cm³/mol. The van der Waals surface area contributed by atoms with Gasteiger partial charge in [0.05, 0.1) is 0 Å². The normalized spacial score (nSPS) is 12.7. The fraction of sp³-hybridized carbons (Fsp3) is 1.00. The summed E-state index contributed by atoms with van der Waals surface area (Å²) in [5.74, 6) is 0. The smallest absolute Gasteiger partial charge is 0.279 e. The maximum absolute atomic E-state index is 10.7. The Labute approximate surface area is 161 Å². The number of halogens is 8. The third-order valence-corrected chi connectivity index (χ3v) is 1.75. The molecule has 0 fully saturated rings. The summed E-state index contributed by atoms with van der Waals surface area (Å²) in [5, 5.41) is 0. The maximum Gasteiger partial charge on any atom is 2.00 e. The van der Waals surface area contributed by atoms with Gasteiger partial charge in [0.25, 0.3) is 0 Å². The molecule has 14 nitrogen and oxygen atoms in total. The Hall–Kier alpha value is 0.283. The molecule has 2 N–H and O–H groups in total.